The lowest BCUT2D eigenvalue weighted by Gasteiger charge is -2.36. The van der Waals surface area contributed by atoms with Crippen LogP contribution in [0, 0.1) is 24.7 Å². The van der Waals surface area contributed by atoms with Gasteiger partial charge in [-0.05, 0) is 67.6 Å². The topological polar surface area (TPSA) is 26.0 Å². The summed E-state index contributed by atoms with van der Waals surface area (Å²) >= 11 is 6.35. The standard InChI is InChI=1S/C17H26ClN/c1-11(2)13-6-7-17(19)15(9-13)10-14-5-4-12(3)8-16(14)18/h4-5,8,11,13,15,17H,6-7,9-10,19H2,1-3H3. The molecule has 0 aliphatic heterocycles. The average Bonchev–Trinajstić information content (AvgIpc) is 2.34. The van der Waals surface area contributed by atoms with Crippen molar-refractivity contribution in [2.45, 2.75) is 52.5 Å². The molecule has 1 aromatic rings. The van der Waals surface area contributed by atoms with Crippen LogP contribution in [0.4, 0.5) is 0 Å². The first-order valence-corrected chi connectivity index (χ1v) is 7.85. The number of benzene rings is 1. The Labute approximate surface area is 122 Å². The Morgan fingerprint density at radius 3 is 2.68 bits per heavy atom. The number of aryl methyl sites for hydroxylation is 1. The lowest BCUT2D eigenvalue weighted by atomic mass is 9.72. The highest BCUT2D eigenvalue weighted by Crippen LogP contribution is 2.35. The molecule has 0 aromatic heterocycles. The molecular weight excluding hydrogens is 254 g/mol. The highest BCUT2D eigenvalue weighted by Gasteiger charge is 2.29. The maximum absolute atomic E-state index is 6.35. The summed E-state index contributed by atoms with van der Waals surface area (Å²) < 4.78 is 0. The van der Waals surface area contributed by atoms with Crippen LogP contribution in [0.2, 0.25) is 5.02 Å². The quantitative estimate of drug-likeness (QED) is 0.860. The Morgan fingerprint density at radius 2 is 2.05 bits per heavy atom. The van der Waals surface area contributed by atoms with E-state index >= 15 is 0 Å². The van der Waals surface area contributed by atoms with E-state index in [1.807, 2.05) is 0 Å². The highest BCUT2D eigenvalue weighted by atomic mass is 35.5. The van der Waals surface area contributed by atoms with Crippen LogP contribution in [0.1, 0.15) is 44.2 Å². The van der Waals surface area contributed by atoms with E-state index in [1.54, 1.807) is 0 Å². The first-order chi connectivity index (χ1) is 8.97. The van der Waals surface area contributed by atoms with Crippen molar-refractivity contribution in [3.63, 3.8) is 0 Å². The Morgan fingerprint density at radius 1 is 1.32 bits per heavy atom. The Balaban J connectivity index is 2.07. The third-order valence-corrected chi connectivity index (χ3v) is 5.07. The number of hydrogen-bond acceptors (Lipinski definition) is 1. The summed E-state index contributed by atoms with van der Waals surface area (Å²) in [5, 5.41) is 0.902. The molecule has 2 rings (SSSR count). The zero-order valence-corrected chi connectivity index (χ0v) is 13.1. The summed E-state index contributed by atoms with van der Waals surface area (Å²) in [6.45, 7) is 6.74. The summed E-state index contributed by atoms with van der Waals surface area (Å²) in [4.78, 5) is 0. The van der Waals surface area contributed by atoms with E-state index in [4.69, 9.17) is 17.3 Å². The van der Waals surface area contributed by atoms with Crippen molar-refractivity contribution in [2.75, 3.05) is 0 Å². The number of halogens is 1. The van der Waals surface area contributed by atoms with Crippen LogP contribution in [0.3, 0.4) is 0 Å². The molecule has 0 amide bonds. The fourth-order valence-corrected chi connectivity index (χ4v) is 3.58. The van der Waals surface area contributed by atoms with Gasteiger partial charge in [-0.3, -0.25) is 0 Å². The van der Waals surface area contributed by atoms with Crippen molar-refractivity contribution in [3.8, 4) is 0 Å². The minimum atomic E-state index is 0.340. The maximum atomic E-state index is 6.35. The van der Waals surface area contributed by atoms with Gasteiger partial charge in [0.1, 0.15) is 0 Å². The molecule has 2 heteroatoms. The monoisotopic (exact) mass is 279 g/mol. The van der Waals surface area contributed by atoms with Crippen LogP contribution in [-0.2, 0) is 6.42 Å². The van der Waals surface area contributed by atoms with Gasteiger partial charge in [0.15, 0.2) is 0 Å². The van der Waals surface area contributed by atoms with Crippen LogP contribution >= 0.6 is 11.6 Å². The van der Waals surface area contributed by atoms with Crippen molar-refractivity contribution in [1.82, 2.24) is 0 Å². The molecule has 1 aromatic carbocycles. The van der Waals surface area contributed by atoms with E-state index in [0.717, 1.165) is 29.7 Å². The predicted octanol–water partition coefficient (Wildman–Crippen LogP) is 4.59. The van der Waals surface area contributed by atoms with Crippen molar-refractivity contribution in [2.24, 2.45) is 23.5 Å². The van der Waals surface area contributed by atoms with Gasteiger partial charge in [0.2, 0.25) is 0 Å². The predicted molar refractivity (Wildman–Crippen MR) is 83.5 cm³/mol. The fourth-order valence-electron chi connectivity index (χ4n) is 3.26. The summed E-state index contributed by atoms with van der Waals surface area (Å²) in [5.74, 6) is 2.18. The van der Waals surface area contributed by atoms with E-state index in [0.29, 0.717) is 12.0 Å². The van der Waals surface area contributed by atoms with Crippen LogP contribution < -0.4 is 5.73 Å². The lowest BCUT2D eigenvalue weighted by molar-refractivity contribution is 0.189. The number of rotatable bonds is 3. The third-order valence-electron chi connectivity index (χ3n) is 4.72. The van der Waals surface area contributed by atoms with E-state index in [1.165, 1.54) is 24.0 Å². The van der Waals surface area contributed by atoms with Gasteiger partial charge >= 0.3 is 0 Å². The van der Waals surface area contributed by atoms with Gasteiger partial charge in [0.25, 0.3) is 0 Å². The van der Waals surface area contributed by atoms with Gasteiger partial charge < -0.3 is 5.73 Å². The Kier molecular flexibility index (Phi) is 4.92. The van der Waals surface area contributed by atoms with Gasteiger partial charge in [-0.25, -0.2) is 0 Å². The zero-order valence-electron chi connectivity index (χ0n) is 12.3. The molecule has 0 spiro atoms. The van der Waals surface area contributed by atoms with E-state index in [9.17, 15) is 0 Å². The van der Waals surface area contributed by atoms with Crippen molar-refractivity contribution in [3.05, 3.63) is 34.3 Å². The lowest BCUT2D eigenvalue weighted by Crippen LogP contribution is -2.38. The normalized spacial score (nSPS) is 27.8. The van der Waals surface area contributed by atoms with Crippen LogP contribution in [-0.4, -0.2) is 6.04 Å². The number of hydrogen-bond donors (Lipinski definition) is 1. The minimum absolute atomic E-state index is 0.340. The third kappa shape index (κ3) is 3.73. The molecule has 3 unspecified atom stereocenters. The van der Waals surface area contributed by atoms with Crippen molar-refractivity contribution < 1.29 is 0 Å². The van der Waals surface area contributed by atoms with E-state index in [-0.39, 0.29) is 0 Å². The van der Waals surface area contributed by atoms with Crippen molar-refractivity contribution in [1.29, 1.82) is 0 Å². The number of nitrogens with two attached hydrogens (primary N) is 1. The molecule has 3 atom stereocenters. The Bertz CT molecular complexity index is 427. The molecule has 0 bridgehead atoms. The van der Waals surface area contributed by atoms with E-state index < -0.39 is 0 Å². The molecule has 1 aliphatic rings. The molecule has 1 saturated carbocycles. The van der Waals surface area contributed by atoms with E-state index in [2.05, 4.69) is 39.0 Å². The molecule has 1 fully saturated rings. The molecule has 0 saturated heterocycles. The first-order valence-electron chi connectivity index (χ1n) is 7.48. The average molecular weight is 280 g/mol. The second kappa shape index (κ2) is 6.28. The fraction of sp³-hybridized carbons (Fsp3) is 0.647. The summed E-state index contributed by atoms with van der Waals surface area (Å²) in [7, 11) is 0. The van der Waals surface area contributed by atoms with Crippen LogP contribution in [0.15, 0.2) is 18.2 Å². The summed E-state index contributed by atoms with van der Waals surface area (Å²) in [6.07, 6.45) is 4.74. The molecular formula is C17H26ClN. The first kappa shape index (κ1) is 14.9. The van der Waals surface area contributed by atoms with Gasteiger partial charge in [-0.1, -0.05) is 37.6 Å². The van der Waals surface area contributed by atoms with Gasteiger partial charge in [0.05, 0.1) is 0 Å². The molecule has 0 radical (unpaired) electrons. The molecule has 1 nitrogen and oxygen atoms in total. The van der Waals surface area contributed by atoms with Crippen molar-refractivity contribution >= 4 is 11.6 Å². The highest BCUT2D eigenvalue weighted by molar-refractivity contribution is 6.31. The molecule has 106 valence electrons. The maximum Gasteiger partial charge on any atom is 0.0440 e. The van der Waals surface area contributed by atoms with Crippen LogP contribution in [0.25, 0.3) is 0 Å². The largest absolute Gasteiger partial charge is 0.327 e. The second-order valence-electron chi connectivity index (χ2n) is 6.54. The van der Waals surface area contributed by atoms with Gasteiger partial charge in [-0.15, -0.1) is 0 Å². The molecule has 0 heterocycles. The summed E-state index contributed by atoms with van der Waals surface area (Å²) in [5.41, 5.74) is 8.81. The van der Waals surface area contributed by atoms with Crippen LogP contribution in [0.5, 0.6) is 0 Å². The Hall–Kier alpha value is -0.530. The SMILES string of the molecule is Cc1ccc(CC2CC(C(C)C)CCC2N)c(Cl)c1. The minimum Gasteiger partial charge on any atom is -0.327 e. The second-order valence-corrected chi connectivity index (χ2v) is 6.95. The summed E-state index contributed by atoms with van der Waals surface area (Å²) in [6, 6.07) is 6.72. The van der Waals surface area contributed by atoms with Gasteiger partial charge in [-0.2, -0.15) is 0 Å². The molecule has 1 aliphatic carbocycles. The smallest absolute Gasteiger partial charge is 0.0440 e. The zero-order chi connectivity index (χ0) is 14.0. The van der Waals surface area contributed by atoms with Gasteiger partial charge in [0, 0.05) is 11.1 Å². The molecule has 2 N–H and O–H groups in total. The molecule has 19 heavy (non-hydrogen) atoms.